The summed E-state index contributed by atoms with van der Waals surface area (Å²) in [6, 6.07) is 6.04. The molecule has 0 aliphatic rings. The van der Waals surface area contributed by atoms with Gasteiger partial charge in [0.15, 0.2) is 17.5 Å². The molecule has 6 nitrogen and oxygen atoms in total. The summed E-state index contributed by atoms with van der Waals surface area (Å²) in [6.45, 7) is 5.98. The Hall–Kier alpha value is -3.54. The summed E-state index contributed by atoms with van der Waals surface area (Å²) >= 11 is 0. The molecule has 0 bridgehead atoms. The van der Waals surface area contributed by atoms with Gasteiger partial charge >= 0.3 is 0 Å². The quantitative estimate of drug-likeness (QED) is 0.554. The highest BCUT2D eigenvalue weighted by molar-refractivity contribution is 5.66. The lowest BCUT2D eigenvalue weighted by Gasteiger charge is -2.08. The first-order valence-electron chi connectivity index (χ1n) is 8.60. The van der Waals surface area contributed by atoms with E-state index in [9.17, 15) is 0 Å². The van der Waals surface area contributed by atoms with Gasteiger partial charge in [-0.3, -0.25) is 15.0 Å². The van der Waals surface area contributed by atoms with E-state index in [1.165, 1.54) is 0 Å². The van der Waals surface area contributed by atoms with Gasteiger partial charge in [-0.05, 0) is 55.7 Å². The van der Waals surface area contributed by atoms with E-state index >= 15 is 0 Å². The molecule has 4 aromatic heterocycles. The molecule has 4 heterocycles. The predicted molar refractivity (Wildman–Crippen MR) is 104 cm³/mol. The Kier molecular flexibility index (Phi) is 4.38. The highest BCUT2D eigenvalue weighted by Gasteiger charge is 2.13. The van der Waals surface area contributed by atoms with Crippen LogP contribution >= 0.6 is 0 Å². The van der Waals surface area contributed by atoms with E-state index in [1.807, 2.05) is 57.6 Å². The SMILES string of the molecule is Cc1cncc(-c2nc(-c3cncc(C)c3)nc(-c3cncc(C)c3)n2)c1. The molecule has 0 saturated carbocycles. The lowest BCUT2D eigenvalue weighted by Crippen LogP contribution is -2.01. The minimum atomic E-state index is 0.578. The van der Waals surface area contributed by atoms with Crippen LogP contribution in [0.5, 0.6) is 0 Å². The van der Waals surface area contributed by atoms with Gasteiger partial charge in [0.05, 0.1) is 0 Å². The minimum absolute atomic E-state index is 0.578. The van der Waals surface area contributed by atoms with Crippen molar-refractivity contribution in [1.82, 2.24) is 29.9 Å². The smallest absolute Gasteiger partial charge is 0.165 e. The summed E-state index contributed by atoms with van der Waals surface area (Å²) in [4.78, 5) is 26.8. The number of aromatic nitrogens is 6. The molecule has 4 rings (SSSR count). The molecule has 0 radical (unpaired) electrons. The number of nitrogens with zero attached hydrogens (tertiary/aromatic N) is 6. The topological polar surface area (TPSA) is 77.3 Å². The normalized spacial score (nSPS) is 10.8. The Balaban J connectivity index is 1.94. The molecule has 0 aliphatic heterocycles. The van der Waals surface area contributed by atoms with Crippen LogP contribution in [0.1, 0.15) is 16.7 Å². The van der Waals surface area contributed by atoms with E-state index in [-0.39, 0.29) is 0 Å². The minimum Gasteiger partial charge on any atom is -0.264 e. The van der Waals surface area contributed by atoms with Gasteiger partial charge in [-0.2, -0.15) is 0 Å². The maximum Gasteiger partial charge on any atom is 0.165 e. The largest absolute Gasteiger partial charge is 0.264 e. The third-order valence-electron chi connectivity index (χ3n) is 4.03. The summed E-state index contributed by atoms with van der Waals surface area (Å²) in [7, 11) is 0. The third-order valence-corrected chi connectivity index (χ3v) is 4.03. The molecule has 6 heteroatoms. The Labute approximate surface area is 157 Å². The van der Waals surface area contributed by atoms with E-state index < -0.39 is 0 Å². The maximum absolute atomic E-state index is 4.68. The molecule has 0 saturated heterocycles. The van der Waals surface area contributed by atoms with Gasteiger partial charge in [0, 0.05) is 53.9 Å². The fourth-order valence-corrected chi connectivity index (χ4v) is 2.79. The molecule has 27 heavy (non-hydrogen) atoms. The van der Waals surface area contributed by atoms with Crippen molar-refractivity contribution >= 4 is 0 Å². The predicted octanol–water partition coefficient (Wildman–Crippen LogP) is 3.98. The van der Waals surface area contributed by atoms with Crippen molar-refractivity contribution in [3.63, 3.8) is 0 Å². The van der Waals surface area contributed by atoms with Gasteiger partial charge in [-0.1, -0.05) is 0 Å². The molecular formula is C21H18N6. The van der Waals surface area contributed by atoms with E-state index in [1.54, 1.807) is 18.6 Å². The summed E-state index contributed by atoms with van der Waals surface area (Å²) in [5, 5.41) is 0. The summed E-state index contributed by atoms with van der Waals surface area (Å²) < 4.78 is 0. The van der Waals surface area contributed by atoms with E-state index in [2.05, 4.69) is 29.9 Å². The van der Waals surface area contributed by atoms with Crippen LogP contribution in [-0.2, 0) is 0 Å². The van der Waals surface area contributed by atoms with Gasteiger partial charge in [-0.15, -0.1) is 0 Å². The van der Waals surface area contributed by atoms with Gasteiger partial charge in [0.2, 0.25) is 0 Å². The molecular weight excluding hydrogens is 336 g/mol. The average Bonchev–Trinajstić information content (AvgIpc) is 2.68. The lowest BCUT2D eigenvalue weighted by atomic mass is 10.1. The van der Waals surface area contributed by atoms with Crippen LogP contribution in [0.25, 0.3) is 34.2 Å². The first-order chi connectivity index (χ1) is 13.1. The number of pyridine rings is 3. The van der Waals surface area contributed by atoms with Crippen LogP contribution in [0, 0.1) is 20.8 Å². The second kappa shape index (κ2) is 6.99. The standard InChI is InChI=1S/C21H18N6/c1-13-4-16(10-22-7-13)19-25-20(17-5-14(2)8-23-11-17)27-21(26-19)18-6-15(3)9-24-12-18/h4-12H,1-3H3. The van der Waals surface area contributed by atoms with Crippen LogP contribution < -0.4 is 0 Å². The van der Waals surface area contributed by atoms with Crippen molar-refractivity contribution in [3.05, 3.63) is 72.1 Å². The number of rotatable bonds is 3. The molecule has 0 aliphatic carbocycles. The second-order valence-corrected chi connectivity index (χ2v) is 6.56. The zero-order valence-electron chi connectivity index (χ0n) is 15.4. The fraction of sp³-hybridized carbons (Fsp3) is 0.143. The fourth-order valence-electron chi connectivity index (χ4n) is 2.79. The van der Waals surface area contributed by atoms with Crippen molar-refractivity contribution in [3.8, 4) is 34.2 Å². The van der Waals surface area contributed by atoms with E-state index in [0.717, 1.165) is 33.4 Å². The summed E-state index contributed by atoms with van der Waals surface area (Å²) in [5.74, 6) is 1.73. The van der Waals surface area contributed by atoms with Crippen molar-refractivity contribution in [2.45, 2.75) is 20.8 Å². The van der Waals surface area contributed by atoms with Gasteiger partial charge in [0.25, 0.3) is 0 Å². The molecule has 0 unspecified atom stereocenters. The molecule has 0 amide bonds. The highest BCUT2D eigenvalue weighted by atomic mass is 15.0. The number of hydrogen-bond donors (Lipinski definition) is 0. The van der Waals surface area contributed by atoms with Gasteiger partial charge in [-0.25, -0.2) is 15.0 Å². The Morgan fingerprint density at radius 3 is 1.00 bits per heavy atom. The van der Waals surface area contributed by atoms with Crippen LogP contribution in [0.4, 0.5) is 0 Å². The van der Waals surface area contributed by atoms with Crippen LogP contribution in [0.2, 0.25) is 0 Å². The van der Waals surface area contributed by atoms with Crippen molar-refractivity contribution in [2.24, 2.45) is 0 Å². The van der Waals surface area contributed by atoms with E-state index in [0.29, 0.717) is 17.5 Å². The van der Waals surface area contributed by atoms with Crippen LogP contribution in [0.3, 0.4) is 0 Å². The highest BCUT2D eigenvalue weighted by Crippen LogP contribution is 2.24. The number of hydrogen-bond acceptors (Lipinski definition) is 6. The van der Waals surface area contributed by atoms with Gasteiger partial charge in [0.1, 0.15) is 0 Å². The van der Waals surface area contributed by atoms with Crippen LogP contribution in [-0.4, -0.2) is 29.9 Å². The zero-order chi connectivity index (χ0) is 18.8. The van der Waals surface area contributed by atoms with Crippen molar-refractivity contribution in [1.29, 1.82) is 0 Å². The van der Waals surface area contributed by atoms with Crippen LogP contribution in [0.15, 0.2) is 55.4 Å². The maximum atomic E-state index is 4.68. The Morgan fingerprint density at radius 2 is 0.741 bits per heavy atom. The summed E-state index contributed by atoms with van der Waals surface area (Å²) in [6.07, 6.45) is 10.7. The lowest BCUT2D eigenvalue weighted by molar-refractivity contribution is 1.06. The molecule has 0 N–H and O–H groups in total. The Bertz CT molecular complexity index is 969. The van der Waals surface area contributed by atoms with E-state index in [4.69, 9.17) is 0 Å². The van der Waals surface area contributed by atoms with Gasteiger partial charge < -0.3 is 0 Å². The first-order valence-corrected chi connectivity index (χ1v) is 8.60. The molecule has 0 atom stereocenters. The second-order valence-electron chi connectivity index (χ2n) is 6.56. The molecule has 132 valence electrons. The molecule has 4 aromatic rings. The monoisotopic (exact) mass is 354 g/mol. The summed E-state index contributed by atoms with van der Waals surface area (Å²) in [5.41, 5.74) is 5.68. The Morgan fingerprint density at radius 1 is 0.444 bits per heavy atom. The average molecular weight is 354 g/mol. The van der Waals surface area contributed by atoms with Crippen molar-refractivity contribution < 1.29 is 0 Å². The first kappa shape index (κ1) is 16.9. The molecule has 0 fully saturated rings. The zero-order valence-corrected chi connectivity index (χ0v) is 15.4. The molecule has 0 spiro atoms. The number of aryl methyl sites for hydroxylation is 3. The molecule has 0 aromatic carbocycles. The third kappa shape index (κ3) is 3.69. The van der Waals surface area contributed by atoms with Crippen molar-refractivity contribution in [2.75, 3.05) is 0 Å².